The molecule has 0 fully saturated rings. The van der Waals surface area contributed by atoms with E-state index in [0.29, 0.717) is 5.69 Å². The lowest BCUT2D eigenvalue weighted by Gasteiger charge is -2.08. The monoisotopic (exact) mass is 216 g/mol. The number of carboxylic acid groups (broad SMARTS) is 1. The maximum Gasteiger partial charge on any atom is 0.305 e. The molecule has 0 amide bonds. The van der Waals surface area contributed by atoms with E-state index < -0.39 is 12.0 Å². The largest absolute Gasteiger partial charge is 0.505 e. The molecule has 5 nitrogen and oxygen atoms in total. The molecule has 0 spiro atoms. The molecule has 0 aliphatic heterocycles. The van der Waals surface area contributed by atoms with Crippen LogP contribution >= 0.6 is 11.6 Å². The Kier molecular flexibility index (Phi) is 3.27. The predicted molar refractivity (Wildman–Crippen MR) is 50.1 cm³/mol. The summed E-state index contributed by atoms with van der Waals surface area (Å²) >= 11 is 5.53. The molecule has 1 aromatic heterocycles. The quantitative estimate of drug-likeness (QED) is 0.653. The van der Waals surface area contributed by atoms with Gasteiger partial charge in [-0.3, -0.25) is 4.79 Å². The van der Waals surface area contributed by atoms with Crippen LogP contribution < -0.4 is 5.73 Å². The molecule has 6 heteroatoms. The topological polar surface area (TPSA) is 96.4 Å². The van der Waals surface area contributed by atoms with Gasteiger partial charge in [-0.15, -0.1) is 0 Å². The van der Waals surface area contributed by atoms with E-state index in [1.165, 1.54) is 12.1 Å². The summed E-state index contributed by atoms with van der Waals surface area (Å²) in [6, 6.07) is 2.05. The highest BCUT2D eigenvalue weighted by atomic mass is 35.5. The van der Waals surface area contributed by atoms with Gasteiger partial charge >= 0.3 is 5.97 Å². The van der Waals surface area contributed by atoms with Crippen molar-refractivity contribution in [1.82, 2.24) is 4.98 Å². The van der Waals surface area contributed by atoms with Crippen LogP contribution in [0.15, 0.2) is 12.1 Å². The highest BCUT2D eigenvalue weighted by Crippen LogP contribution is 2.22. The van der Waals surface area contributed by atoms with Crippen LogP contribution in [-0.4, -0.2) is 21.2 Å². The second-order valence-corrected chi connectivity index (χ2v) is 3.11. The third kappa shape index (κ3) is 2.58. The van der Waals surface area contributed by atoms with Crippen molar-refractivity contribution >= 4 is 17.6 Å². The van der Waals surface area contributed by atoms with Gasteiger partial charge in [0.05, 0.1) is 18.2 Å². The number of pyridine rings is 1. The molecule has 0 bridgehead atoms. The van der Waals surface area contributed by atoms with Crippen molar-refractivity contribution in [3.8, 4) is 5.75 Å². The Bertz CT molecular complexity index is 356. The first-order chi connectivity index (χ1) is 6.50. The Labute approximate surface area is 85.1 Å². The van der Waals surface area contributed by atoms with Gasteiger partial charge in [0.15, 0.2) is 10.9 Å². The SMILES string of the molecule is NC(CC(=O)O)c1ccc(O)c(Cl)n1. The molecular weight excluding hydrogens is 208 g/mol. The zero-order valence-corrected chi connectivity index (χ0v) is 7.90. The second kappa shape index (κ2) is 4.26. The number of aromatic nitrogens is 1. The van der Waals surface area contributed by atoms with Crippen molar-refractivity contribution in [3.05, 3.63) is 23.0 Å². The smallest absolute Gasteiger partial charge is 0.305 e. The molecule has 4 N–H and O–H groups in total. The van der Waals surface area contributed by atoms with Crippen molar-refractivity contribution in [2.45, 2.75) is 12.5 Å². The number of hydrogen-bond acceptors (Lipinski definition) is 4. The van der Waals surface area contributed by atoms with Gasteiger partial charge in [-0.1, -0.05) is 11.6 Å². The summed E-state index contributed by atoms with van der Waals surface area (Å²) in [5, 5.41) is 17.5. The molecule has 1 atom stereocenters. The van der Waals surface area contributed by atoms with Crippen molar-refractivity contribution in [2.24, 2.45) is 5.73 Å². The fourth-order valence-electron chi connectivity index (χ4n) is 0.940. The van der Waals surface area contributed by atoms with Crippen LogP contribution in [0.2, 0.25) is 5.15 Å². The highest BCUT2D eigenvalue weighted by molar-refractivity contribution is 6.30. The second-order valence-electron chi connectivity index (χ2n) is 2.75. The Morgan fingerprint density at radius 3 is 2.79 bits per heavy atom. The van der Waals surface area contributed by atoms with Gasteiger partial charge in [0.2, 0.25) is 0 Å². The Morgan fingerprint density at radius 2 is 2.29 bits per heavy atom. The average molecular weight is 217 g/mol. The Balaban J connectivity index is 2.85. The predicted octanol–water partition coefficient (Wildman–Crippen LogP) is 0.915. The third-order valence-corrected chi connectivity index (χ3v) is 1.90. The number of nitrogens with zero attached hydrogens (tertiary/aromatic N) is 1. The van der Waals surface area contributed by atoms with E-state index in [2.05, 4.69) is 4.98 Å². The first-order valence-corrected chi connectivity index (χ1v) is 4.21. The third-order valence-electron chi connectivity index (χ3n) is 1.63. The van der Waals surface area contributed by atoms with E-state index in [0.717, 1.165) is 0 Å². The van der Waals surface area contributed by atoms with Gasteiger partial charge in [-0.25, -0.2) is 4.98 Å². The fourth-order valence-corrected chi connectivity index (χ4v) is 1.10. The number of hydrogen-bond donors (Lipinski definition) is 3. The molecule has 14 heavy (non-hydrogen) atoms. The maximum atomic E-state index is 10.3. The minimum Gasteiger partial charge on any atom is -0.505 e. The van der Waals surface area contributed by atoms with Gasteiger partial charge in [0.1, 0.15) is 0 Å². The van der Waals surface area contributed by atoms with E-state index in [4.69, 9.17) is 27.5 Å². The van der Waals surface area contributed by atoms with E-state index in [1.54, 1.807) is 0 Å². The summed E-state index contributed by atoms with van der Waals surface area (Å²) in [6.45, 7) is 0. The summed E-state index contributed by atoms with van der Waals surface area (Å²) in [4.78, 5) is 14.1. The fraction of sp³-hybridized carbons (Fsp3) is 0.250. The standard InChI is InChI=1S/C8H9ClN2O3/c9-8-6(12)2-1-5(11-8)4(10)3-7(13)14/h1-2,4,12H,3,10H2,(H,13,14). The van der Waals surface area contributed by atoms with E-state index in [1.807, 2.05) is 0 Å². The van der Waals surface area contributed by atoms with Crippen LogP contribution in [0.4, 0.5) is 0 Å². The maximum absolute atomic E-state index is 10.3. The van der Waals surface area contributed by atoms with Crippen LogP contribution in [0.3, 0.4) is 0 Å². The average Bonchev–Trinajstić information content (AvgIpc) is 2.08. The summed E-state index contributed by atoms with van der Waals surface area (Å²) in [6.07, 6.45) is -0.228. The van der Waals surface area contributed by atoms with Crippen LogP contribution in [0.1, 0.15) is 18.2 Å². The van der Waals surface area contributed by atoms with Gasteiger partial charge in [0, 0.05) is 0 Å². The van der Waals surface area contributed by atoms with Gasteiger partial charge in [0.25, 0.3) is 0 Å². The molecule has 0 aromatic carbocycles. The van der Waals surface area contributed by atoms with Crippen molar-refractivity contribution in [1.29, 1.82) is 0 Å². The lowest BCUT2D eigenvalue weighted by atomic mass is 10.1. The van der Waals surface area contributed by atoms with Crippen LogP contribution in [0, 0.1) is 0 Å². The van der Waals surface area contributed by atoms with Crippen LogP contribution in [0.5, 0.6) is 5.75 Å². The van der Waals surface area contributed by atoms with E-state index in [-0.39, 0.29) is 17.3 Å². The minimum atomic E-state index is -1.01. The number of carboxylic acids is 1. The number of halogens is 1. The number of rotatable bonds is 3. The summed E-state index contributed by atoms with van der Waals surface area (Å²) in [5.74, 6) is -1.17. The first-order valence-electron chi connectivity index (χ1n) is 3.83. The zero-order valence-electron chi connectivity index (χ0n) is 7.14. The van der Waals surface area contributed by atoms with Gasteiger partial charge < -0.3 is 15.9 Å². The van der Waals surface area contributed by atoms with E-state index >= 15 is 0 Å². The molecule has 0 aliphatic rings. The Hall–Kier alpha value is -1.33. The normalized spacial score (nSPS) is 12.4. The van der Waals surface area contributed by atoms with Crippen molar-refractivity contribution in [3.63, 3.8) is 0 Å². The summed E-state index contributed by atoms with van der Waals surface area (Å²) in [7, 11) is 0. The molecule has 1 rings (SSSR count). The first kappa shape index (κ1) is 10.7. The molecule has 1 aromatic rings. The number of aliphatic carboxylic acids is 1. The van der Waals surface area contributed by atoms with Crippen molar-refractivity contribution in [2.75, 3.05) is 0 Å². The minimum absolute atomic E-state index is 0.0802. The van der Waals surface area contributed by atoms with Gasteiger partial charge in [-0.2, -0.15) is 0 Å². The lowest BCUT2D eigenvalue weighted by Crippen LogP contribution is -2.16. The zero-order chi connectivity index (χ0) is 10.7. The molecular formula is C8H9ClN2O3. The number of nitrogens with two attached hydrogens (primary N) is 1. The highest BCUT2D eigenvalue weighted by Gasteiger charge is 2.13. The van der Waals surface area contributed by atoms with Crippen LogP contribution in [-0.2, 0) is 4.79 Å². The molecule has 0 aliphatic carbocycles. The Morgan fingerprint density at radius 1 is 1.64 bits per heavy atom. The number of carbonyl (C=O) groups is 1. The molecule has 0 radical (unpaired) electrons. The molecule has 1 unspecified atom stereocenters. The van der Waals surface area contributed by atoms with Crippen LogP contribution in [0.25, 0.3) is 0 Å². The summed E-state index contributed by atoms with van der Waals surface area (Å²) < 4.78 is 0. The molecule has 0 saturated heterocycles. The van der Waals surface area contributed by atoms with Gasteiger partial charge in [-0.05, 0) is 12.1 Å². The number of aromatic hydroxyl groups is 1. The lowest BCUT2D eigenvalue weighted by molar-refractivity contribution is -0.137. The molecule has 0 saturated carbocycles. The molecule has 76 valence electrons. The summed E-state index contributed by atoms with van der Waals surface area (Å²) in [5.41, 5.74) is 5.87. The van der Waals surface area contributed by atoms with Crippen molar-refractivity contribution < 1.29 is 15.0 Å². The molecule has 1 heterocycles. The van der Waals surface area contributed by atoms with E-state index in [9.17, 15) is 4.79 Å².